The Hall–Kier alpha value is -2.04. The summed E-state index contributed by atoms with van der Waals surface area (Å²) in [6, 6.07) is 13.8. The third-order valence-electron chi connectivity index (χ3n) is 4.46. The lowest BCUT2D eigenvalue weighted by molar-refractivity contribution is -0.123. The summed E-state index contributed by atoms with van der Waals surface area (Å²) >= 11 is 12.2. The lowest BCUT2D eigenvalue weighted by Gasteiger charge is -2.11. The van der Waals surface area contributed by atoms with Crippen LogP contribution in [-0.4, -0.2) is 22.0 Å². The number of hydrogen-bond acceptors (Lipinski definition) is 2. The average molecular weight is 404 g/mol. The Morgan fingerprint density at radius 1 is 1.15 bits per heavy atom. The number of fused-ring (bicyclic) bond motifs is 1. The Bertz CT molecular complexity index is 950. The summed E-state index contributed by atoms with van der Waals surface area (Å²) in [5.74, 6) is 1.09. The normalized spacial score (nSPS) is 11.3. The van der Waals surface area contributed by atoms with E-state index in [1.807, 2.05) is 50.2 Å². The van der Waals surface area contributed by atoms with Crippen LogP contribution < -0.4 is 5.32 Å². The Labute approximate surface area is 169 Å². The first kappa shape index (κ1) is 19.7. The highest BCUT2D eigenvalue weighted by Gasteiger charge is 2.12. The van der Waals surface area contributed by atoms with Gasteiger partial charge in [0.05, 0.1) is 21.1 Å². The van der Waals surface area contributed by atoms with Gasteiger partial charge in [-0.15, -0.1) is 0 Å². The molecule has 0 aliphatic heterocycles. The van der Waals surface area contributed by atoms with E-state index in [1.54, 1.807) is 0 Å². The van der Waals surface area contributed by atoms with E-state index in [9.17, 15) is 4.79 Å². The van der Waals surface area contributed by atoms with Gasteiger partial charge in [-0.3, -0.25) is 4.79 Å². The van der Waals surface area contributed by atoms with Crippen molar-refractivity contribution in [1.82, 2.24) is 14.9 Å². The molecule has 1 N–H and O–H groups in total. The van der Waals surface area contributed by atoms with Crippen LogP contribution in [0, 0.1) is 5.92 Å². The average Bonchev–Trinajstić information content (AvgIpc) is 2.99. The van der Waals surface area contributed by atoms with Gasteiger partial charge in [-0.1, -0.05) is 55.2 Å². The maximum absolute atomic E-state index is 11.7. The van der Waals surface area contributed by atoms with Crippen molar-refractivity contribution in [2.45, 2.75) is 33.2 Å². The Balaban J connectivity index is 1.79. The van der Waals surface area contributed by atoms with Crippen molar-refractivity contribution < 1.29 is 4.79 Å². The monoisotopic (exact) mass is 403 g/mol. The molecule has 3 rings (SSSR count). The summed E-state index contributed by atoms with van der Waals surface area (Å²) in [6.45, 7) is 5.11. The van der Waals surface area contributed by atoms with E-state index in [-0.39, 0.29) is 11.8 Å². The fourth-order valence-corrected chi connectivity index (χ4v) is 3.30. The molecule has 0 radical (unpaired) electrons. The maximum Gasteiger partial charge on any atom is 0.222 e. The quantitative estimate of drug-likeness (QED) is 0.557. The molecular formula is C21H23Cl2N3O. The molecule has 3 aromatic rings. The van der Waals surface area contributed by atoms with Gasteiger partial charge >= 0.3 is 0 Å². The molecule has 0 aliphatic rings. The number of benzene rings is 2. The van der Waals surface area contributed by atoms with E-state index < -0.39 is 0 Å². The third kappa shape index (κ3) is 4.82. The third-order valence-corrected chi connectivity index (χ3v) is 5.20. The zero-order chi connectivity index (χ0) is 19.4. The van der Waals surface area contributed by atoms with E-state index >= 15 is 0 Å². The van der Waals surface area contributed by atoms with Crippen LogP contribution in [-0.2, 0) is 17.8 Å². The largest absolute Gasteiger partial charge is 0.356 e. The molecule has 142 valence electrons. The summed E-state index contributed by atoms with van der Waals surface area (Å²) in [6.07, 6.45) is 1.62. The van der Waals surface area contributed by atoms with Crippen molar-refractivity contribution >= 4 is 40.1 Å². The van der Waals surface area contributed by atoms with Gasteiger partial charge in [0, 0.05) is 25.4 Å². The minimum atomic E-state index is 0.00391. The fraction of sp³-hybridized carbons (Fsp3) is 0.333. The summed E-state index contributed by atoms with van der Waals surface area (Å²) in [7, 11) is 0. The number of aromatic nitrogens is 2. The molecule has 0 saturated carbocycles. The standard InChI is InChI=1S/C21H23Cl2N3O/c1-14(2)21(27)24-11-5-8-20-25-18-6-3-4-7-19(18)26(20)13-15-9-10-16(22)17(23)12-15/h3-4,6-7,9-10,12,14H,5,8,11,13H2,1-2H3,(H,24,27). The van der Waals surface area contributed by atoms with Crippen LogP contribution >= 0.6 is 23.2 Å². The second-order valence-corrected chi connectivity index (χ2v) is 7.72. The zero-order valence-electron chi connectivity index (χ0n) is 15.5. The SMILES string of the molecule is CC(C)C(=O)NCCCc1nc2ccccc2n1Cc1ccc(Cl)c(Cl)c1. The number of carbonyl (C=O) groups excluding carboxylic acids is 1. The lowest BCUT2D eigenvalue weighted by atomic mass is 10.2. The van der Waals surface area contributed by atoms with Crippen molar-refractivity contribution in [3.63, 3.8) is 0 Å². The molecule has 1 amide bonds. The molecule has 0 bridgehead atoms. The van der Waals surface area contributed by atoms with E-state index in [1.165, 1.54) is 0 Å². The fourth-order valence-electron chi connectivity index (χ4n) is 2.98. The van der Waals surface area contributed by atoms with Gasteiger partial charge in [0.2, 0.25) is 5.91 Å². The zero-order valence-corrected chi connectivity index (χ0v) is 17.0. The molecule has 0 spiro atoms. The highest BCUT2D eigenvalue weighted by atomic mass is 35.5. The number of amides is 1. The van der Waals surface area contributed by atoms with Gasteiger partial charge in [-0.2, -0.15) is 0 Å². The van der Waals surface area contributed by atoms with Crippen LogP contribution in [0.25, 0.3) is 11.0 Å². The van der Waals surface area contributed by atoms with Gasteiger partial charge in [0.15, 0.2) is 0 Å². The number of nitrogens with one attached hydrogen (secondary N) is 1. The van der Waals surface area contributed by atoms with Crippen LogP contribution in [0.3, 0.4) is 0 Å². The van der Waals surface area contributed by atoms with Crippen molar-refractivity contribution in [2.24, 2.45) is 5.92 Å². The predicted molar refractivity (Wildman–Crippen MR) is 111 cm³/mol. The van der Waals surface area contributed by atoms with Crippen LogP contribution in [0.5, 0.6) is 0 Å². The van der Waals surface area contributed by atoms with Crippen molar-refractivity contribution in [2.75, 3.05) is 6.54 Å². The molecule has 0 fully saturated rings. The van der Waals surface area contributed by atoms with Gasteiger partial charge in [-0.05, 0) is 36.2 Å². The smallest absolute Gasteiger partial charge is 0.222 e. The van der Waals surface area contributed by atoms with Gasteiger partial charge < -0.3 is 9.88 Å². The topological polar surface area (TPSA) is 46.9 Å². The molecule has 0 atom stereocenters. The minimum Gasteiger partial charge on any atom is -0.356 e. The van der Waals surface area contributed by atoms with Gasteiger partial charge in [-0.25, -0.2) is 4.98 Å². The Morgan fingerprint density at radius 2 is 1.93 bits per heavy atom. The molecule has 1 heterocycles. The van der Waals surface area contributed by atoms with Crippen LogP contribution in [0.1, 0.15) is 31.7 Å². The molecule has 1 aromatic heterocycles. The first-order chi connectivity index (χ1) is 13.0. The number of aryl methyl sites for hydroxylation is 1. The number of imidazole rings is 1. The molecule has 0 saturated heterocycles. The number of hydrogen-bond donors (Lipinski definition) is 1. The Morgan fingerprint density at radius 3 is 2.67 bits per heavy atom. The first-order valence-electron chi connectivity index (χ1n) is 9.11. The molecular weight excluding hydrogens is 381 g/mol. The minimum absolute atomic E-state index is 0.00391. The number of halogens is 2. The van der Waals surface area contributed by atoms with Crippen LogP contribution in [0.2, 0.25) is 10.0 Å². The number of rotatable bonds is 7. The predicted octanol–water partition coefficient (Wildman–Crippen LogP) is 5.10. The highest BCUT2D eigenvalue weighted by Crippen LogP contribution is 2.25. The molecule has 6 heteroatoms. The van der Waals surface area contributed by atoms with Crippen LogP contribution in [0.15, 0.2) is 42.5 Å². The second-order valence-electron chi connectivity index (χ2n) is 6.90. The molecule has 0 unspecified atom stereocenters. The number of carbonyl (C=O) groups is 1. The maximum atomic E-state index is 11.7. The lowest BCUT2D eigenvalue weighted by Crippen LogP contribution is -2.28. The first-order valence-corrected chi connectivity index (χ1v) is 9.87. The number of nitrogens with zero attached hydrogens (tertiary/aromatic N) is 2. The van der Waals surface area contributed by atoms with Crippen molar-refractivity contribution in [1.29, 1.82) is 0 Å². The summed E-state index contributed by atoms with van der Waals surface area (Å²) in [5, 5.41) is 4.07. The van der Waals surface area contributed by atoms with E-state index in [0.717, 1.165) is 35.3 Å². The van der Waals surface area contributed by atoms with Crippen molar-refractivity contribution in [3.8, 4) is 0 Å². The highest BCUT2D eigenvalue weighted by molar-refractivity contribution is 6.42. The van der Waals surface area contributed by atoms with E-state index in [4.69, 9.17) is 28.2 Å². The summed E-state index contributed by atoms with van der Waals surface area (Å²) in [4.78, 5) is 16.5. The summed E-state index contributed by atoms with van der Waals surface area (Å²) in [5.41, 5.74) is 3.13. The van der Waals surface area contributed by atoms with E-state index in [0.29, 0.717) is 23.1 Å². The van der Waals surface area contributed by atoms with Crippen LogP contribution in [0.4, 0.5) is 0 Å². The second kappa shape index (κ2) is 8.77. The van der Waals surface area contributed by atoms with Gasteiger partial charge in [0.25, 0.3) is 0 Å². The number of para-hydroxylation sites is 2. The summed E-state index contributed by atoms with van der Waals surface area (Å²) < 4.78 is 2.21. The van der Waals surface area contributed by atoms with Crippen molar-refractivity contribution in [3.05, 3.63) is 63.9 Å². The molecule has 27 heavy (non-hydrogen) atoms. The molecule has 2 aromatic carbocycles. The molecule has 4 nitrogen and oxygen atoms in total. The Kier molecular flexibility index (Phi) is 6.40. The van der Waals surface area contributed by atoms with E-state index in [2.05, 4.69) is 16.0 Å². The molecule has 0 aliphatic carbocycles. The van der Waals surface area contributed by atoms with Gasteiger partial charge in [0.1, 0.15) is 5.82 Å².